The van der Waals surface area contributed by atoms with Gasteiger partial charge < -0.3 is 11.2 Å². The number of benzene rings is 1. The molecule has 1 fully saturated rings. The van der Waals surface area contributed by atoms with Crippen molar-refractivity contribution < 1.29 is 4.79 Å². The molecule has 0 saturated heterocycles. The molecule has 146 valence electrons. The Bertz CT molecular complexity index is 977. The zero-order chi connectivity index (χ0) is 19.7. The SMILES string of the molecule is CCc1ccc(-c2csc(NC(=O)[C@@H](C)Sc3nnc(C4CC4)n3N)n2)cc1. The zero-order valence-corrected chi connectivity index (χ0v) is 17.4. The highest BCUT2D eigenvalue weighted by molar-refractivity contribution is 8.00. The minimum absolute atomic E-state index is 0.136. The predicted octanol–water partition coefficient (Wildman–Crippen LogP) is 3.67. The minimum Gasteiger partial charge on any atom is -0.336 e. The second-order valence-electron chi connectivity index (χ2n) is 6.82. The fraction of sp³-hybridized carbons (Fsp3) is 0.368. The average Bonchev–Trinajstić information content (AvgIpc) is 3.34. The van der Waals surface area contributed by atoms with Crippen molar-refractivity contribution in [2.24, 2.45) is 0 Å². The number of carbonyl (C=O) groups is 1. The predicted molar refractivity (Wildman–Crippen MR) is 113 cm³/mol. The van der Waals surface area contributed by atoms with Crippen molar-refractivity contribution in [3.05, 3.63) is 41.0 Å². The largest absolute Gasteiger partial charge is 0.336 e. The number of aryl methyl sites for hydroxylation is 1. The molecule has 0 radical (unpaired) electrons. The standard InChI is InChI=1S/C19H22N6OS2/c1-3-12-4-6-13(7-5-12)15-10-27-18(21-15)22-17(26)11(2)28-19-24-23-16(25(19)20)14-8-9-14/h4-7,10-11,14H,3,8-9,20H2,1-2H3,(H,21,22,26)/t11-/m1/s1. The van der Waals surface area contributed by atoms with Crippen LogP contribution in [0.5, 0.6) is 0 Å². The second kappa shape index (κ2) is 7.92. The summed E-state index contributed by atoms with van der Waals surface area (Å²) in [6, 6.07) is 8.32. The van der Waals surface area contributed by atoms with Crippen LogP contribution in [0.1, 0.15) is 44.0 Å². The van der Waals surface area contributed by atoms with E-state index in [2.05, 4.69) is 51.7 Å². The minimum atomic E-state index is -0.366. The van der Waals surface area contributed by atoms with E-state index >= 15 is 0 Å². The highest BCUT2D eigenvalue weighted by Crippen LogP contribution is 2.39. The summed E-state index contributed by atoms with van der Waals surface area (Å²) in [5, 5.41) is 13.9. The van der Waals surface area contributed by atoms with E-state index in [0.29, 0.717) is 16.2 Å². The van der Waals surface area contributed by atoms with E-state index in [1.807, 2.05) is 12.3 Å². The van der Waals surface area contributed by atoms with E-state index in [0.717, 1.165) is 36.3 Å². The summed E-state index contributed by atoms with van der Waals surface area (Å²) in [4.78, 5) is 17.1. The van der Waals surface area contributed by atoms with Crippen LogP contribution in [0.25, 0.3) is 11.3 Å². The molecule has 1 atom stereocenters. The third-order valence-corrected chi connectivity index (χ3v) is 6.49. The monoisotopic (exact) mass is 414 g/mol. The molecule has 1 amide bonds. The summed E-state index contributed by atoms with van der Waals surface area (Å²) in [6.07, 6.45) is 3.21. The fourth-order valence-corrected chi connectivity index (χ4v) is 4.28. The van der Waals surface area contributed by atoms with Crippen LogP contribution >= 0.6 is 23.1 Å². The molecular formula is C19H22N6OS2. The van der Waals surface area contributed by atoms with Gasteiger partial charge in [0.2, 0.25) is 11.1 Å². The van der Waals surface area contributed by atoms with Crippen molar-refractivity contribution >= 4 is 34.1 Å². The Morgan fingerprint density at radius 1 is 1.36 bits per heavy atom. The first-order valence-corrected chi connectivity index (χ1v) is 11.0. The van der Waals surface area contributed by atoms with Gasteiger partial charge >= 0.3 is 0 Å². The molecule has 0 spiro atoms. The van der Waals surface area contributed by atoms with Crippen LogP contribution in [0.4, 0.5) is 5.13 Å². The van der Waals surface area contributed by atoms with Crippen LogP contribution in [0, 0.1) is 0 Å². The Hall–Kier alpha value is -2.39. The molecule has 2 aromatic heterocycles. The van der Waals surface area contributed by atoms with Crippen molar-refractivity contribution in [3.8, 4) is 11.3 Å². The summed E-state index contributed by atoms with van der Waals surface area (Å²) < 4.78 is 1.51. The maximum atomic E-state index is 12.5. The number of nitrogens with two attached hydrogens (primary N) is 1. The number of rotatable bonds is 7. The van der Waals surface area contributed by atoms with E-state index in [-0.39, 0.29) is 11.2 Å². The van der Waals surface area contributed by atoms with Crippen LogP contribution < -0.4 is 11.2 Å². The maximum Gasteiger partial charge on any atom is 0.239 e. The van der Waals surface area contributed by atoms with E-state index in [9.17, 15) is 4.79 Å². The molecule has 7 nitrogen and oxygen atoms in total. The molecule has 1 aromatic carbocycles. The molecule has 1 aliphatic carbocycles. The van der Waals surface area contributed by atoms with Gasteiger partial charge in [0.05, 0.1) is 10.9 Å². The highest BCUT2D eigenvalue weighted by Gasteiger charge is 2.30. The number of hydrogen-bond donors (Lipinski definition) is 2. The topological polar surface area (TPSA) is 98.7 Å². The lowest BCUT2D eigenvalue weighted by Crippen LogP contribution is -2.23. The Morgan fingerprint density at radius 3 is 2.79 bits per heavy atom. The van der Waals surface area contributed by atoms with Crippen molar-refractivity contribution in [1.82, 2.24) is 19.9 Å². The van der Waals surface area contributed by atoms with Crippen molar-refractivity contribution in [2.75, 3.05) is 11.2 Å². The average molecular weight is 415 g/mol. The van der Waals surface area contributed by atoms with Gasteiger partial charge in [-0.15, -0.1) is 21.5 Å². The molecule has 4 rings (SSSR count). The molecule has 3 aromatic rings. The molecule has 1 saturated carbocycles. The number of aromatic nitrogens is 4. The number of nitrogens with one attached hydrogen (secondary N) is 1. The Balaban J connectivity index is 1.38. The van der Waals surface area contributed by atoms with Crippen LogP contribution in [0.3, 0.4) is 0 Å². The number of thioether (sulfide) groups is 1. The summed E-state index contributed by atoms with van der Waals surface area (Å²) in [5.41, 5.74) is 3.19. The third kappa shape index (κ3) is 4.05. The molecule has 1 aliphatic rings. The molecule has 0 unspecified atom stereocenters. The quantitative estimate of drug-likeness (QED) is 0.452. The number of hydrogen-bond acceptors (Lipinski definition) is 7. The first-order valence-electron chi connectivity index (χ1n) is 9.28. The summed E-state index contributed by atoms with van der Waals surface area (Å²) in [7, 11) is 0. The van der Waals surface area contributed by atoms with Gasteiger partial charge in [0, 0.05) is 16.9 Å². The number of thiazole rings is 1. The molecular weight excluding hydrogens is 392 g/mol. The first kappa shape index (κ1) is 18.9. The zero-order valence-electron chi connectivity index (χ0n) is 15.8. The van der Waals surface area contributed by atoms with Gasteiger partial charge in [-0.1, -0.05) is 43.0 Å². The van der Waals surface area contributed by atoms with E-state index in [1.165, 1.54) is 33.3 Å². The summed E-state index contributed by atoms with van der Waals surface area (Å²) in [6.45, 7) is 3.95. The van der Waals surface area contributed by atoms with Gasteiger partial charge in [0.15, 0.2) is 11.0 Å². The van der Waals surface area contributed by atoms with E-state index in [4.69, 9.17) is 5.84 Å². The first-order chi connectivity index (χ1) is 13.5. The van der Waals surface area contributed by atoms with Crippen LogP contribution in [-0.2, 0) is 11.2 Å². The molecule has 9 heteroatoms. The number of nitrogen functional groups attached to an aromatic ring is 1. The number of carbonyl (C=O) groups excluding carboxylic acids is 1. The van der Waals surface area contributed by atoms with Crippen LogP contribution in [0.2, 0.25) is 0 Å². The molecule has 0 aliphatic heterocycles. The van der Waals surface area contributed by atoms with Gasteiger partial charge in [-0.25, -0.2) is 9.66 Å². The van der Waals surface area contributed by atoms with Crippen molar-refractivity contribution in [1.29, 1.82) is 0 Å². The number of anilines is 1. The Kier molecular flexibility index (Phi) is 5.36. The van der Waals surface area contributed by atoms with Crippen molar-refractivity contribution in [2.45, 2.75) is 49.4 Å². The number of amides is 1. The Labute approximate surface area is 171 Å². The number of nitrogens with zero attached hydrogens (tertiary/aromatic N) is 4. The molecule has 0 bridgehead atoms. The maximum absolute atomic E-state index is 12.5. The van der Waals surface area contributed by atoms with E-state index < -0.39 is 0 Å². The summed E-state index contributed by atoms with van der Waals surface area (Å²) in [5.74, 6) is 7.14. The lowest BCUT2D eigenvalue weighted by molar-refractivity contribution is -0.115. The van der Waals surface area contributed by atoms with Crippen molar-refractivity contribution in [3.63, 3.8) is 0 Å². The van der Waals surface area contributed by atoms with Gasteiger partial charge in [-0.05, 0) is 31.7 Å². The molecule has 3 N–H and O–H groups in total. The van der Waals surface area contributed by atoms with Gasteiger partial charge in [0.25, 0.3) is 0 Å². The van der Waals surface area contributed by atoms with E-state index in [1.54, 1.807) is 0 Å². The van der Waals surface area contributed by atoms with Crippen LogP contribution in [-0.4, -0.2) is 31.0 Å². The van der Waals surface area contributed by atoms with Gasteiger partial charge in [-0.2, -0.15) is 0 Å². The molecule has 2 heterocycles. The third-order valence-electron chi connectivity index (χ3n) is 4.68. The molecule has 28 heavy (non-hydrogen) atoms. The fourth-order valence-electron chi connectivity index (χ4n) is 2.78. The second-order valence-corrected chi connectivity index (χ2v) is 8.99. The summed E-state index contributed by atoms with van der Waals surface area (Å²) >= 11 is 2.72. The van der Waals surface area contributed by atoms with Gasteiger partial charge in [0.1, 0.15) is 0 Å². The lowest BCUT2D eigenvalue weighted by atomic mass is 10.1. The van der Waals surface area contributed by atoms with Crippen LogP contribution in [0.15, 0.2) is 34.8 Å². The lowest BCUT2D eigenvalue weighted by Gasteiger charge is -2.09. The highest BCUT2D eigenvalue weighted by atomic mass is 32.2. The Morgan fingerprint density at radius 2 is 2.11 bits per heavy atom. The normalized spacial score (nSPS) is 14.8. The smallest absolute Gasteiger partial charge is 0.239 e. The van der Waals surface area contributed by atoms with Gasteiger partial charge in [-0.3, -0.25) is 4.79 Å².